The molecule has 0 radical (unpaired) electrons. The summed E-state index contributed by atoms with van der Waals surface area (Å²) in [7, 11) is 0. The molecular formula is C15H20N3O4-. The van der Waals surface area contributed by atoms with Crippen LogP contribution in [0, 0.1) is 0 Å². The fourth-order valence-corrected chi connectivity index (χ4v) is 2.08. The number of carbonyl (C=O) groups is 2. The van der Waals surface area contributed by atoms with Gasteiger partial charge in [0, 0.05) is 13.1 Å². The quantitative estimate of drug-likeness (QED) is 0.887. The summed E-state index contributed by atoms with van der Waals surface area (Å²) in [5.41, 5.74) is -0.641. The van der Waals surface area contributed by atoms with Crippen molar-refractivity contribution in [1.82, 2.24) is 9.88 Å². The Kier molecular flexibility index (Phi) is 4.54. The number of anilines is 1. The van der Waals surface area contributed by atoms with Crippen LogP contribution < -0.4 is 10.4 Å². The highest BCUT2D eigenvalue weighted by atomic mass is 16.6. The molecule has 1 amide bonds. The third-order valence-electron chi connectivity index (χ3n) is 3.25. The van der Waals surface area contributed by atoms with Gasteiger partial charge in [0.15, 0.2) is 0 Å². The predicted molar refractivity (Wildman–Crippen MR) is 78.4 cm³/mol. The summed E-state index contributed by atoms with van der Waals surface area (Å²) >= 11 is 0. The second-order valence-electron chi connectivity index (χ2n) is 6.19. The summed E-state index contributed by atoms with van der Waals surface area (Å²) in [5.74, 6) is -0.875. The molecule has 1 atom stereocenters. The first-order valence-electron chi connectivity index (χ1n) is 7.18. The van der Waals surface area contributed by atoms with Crippen molar-refractivity contribution < 1.29 is 19.4 Å². The fourth-order valence-electron chi connectivity index (χ4n) is 2.08. The van der Waals surface area contributed by atoms with E-state index in [1.807, 2.05) is 20.8 Å². The van der Waals surface area contributed by atoms with Gasteiger partial charge in [0.2, 0.25) is 0 Å². The Hall–Kier alpha value is -2.31. The Bertz CT molecular complexity index is 568. The number of nitrogens with one attached hydrogen (secondary N) is 1. The van der Waals surface area contributed by atoms with Gasteiger partial charge in [-0.3, -0.25) is 0 Å². The smallest absolute Gasteiger partial charge is 0.410 e. The lowest BCUT2D eigenvalue weighted by atomic mass is 10.0. The summed E-state index contributed by atoms with van der Waals surface area (Å²) in [4.78, 5) is 28.3. The minimum Gasteiger partial charge on any atom is -0.543 e. The van der Waals surface area contributed by atoms with Crippen molar-refractivity contribution in [3.8, 4) is 0 Å². The lowest BCUT2D eigenvalue weighted by Crippen LogP contribution is -2.55. The molecule has 0 bridgehead atoms. The van der Waals surface area contributed by atoms with E-state index in [0.717, 1.165) is 6.42 Å². The molecule has 0 aromatic carbocycles. The van der Waals surface area contributed by atoms with Gasteiger partial charge in [0.05, 0.1) is 17.7 Å². The average molecular weight is 306 g/mol. The summed E-state index contributed by atoms with van der Waals surface area (Å²) in [6, 6.07) is 4.65. The van der Waals surface area contributed by atoms with Gasteiger partial charge < -0.3 is 24.9 Å². The van der Waals surface area contributed by atoms with Crippen LogP contribution >= 0.6 is 0 Å². The van der Waals surface area contributed by atoms with E-state index in [2.05, 4.69) is 10.3 Å². The van der Waals surface area contributed by atoms with Crippen LogP contribution in [0.25, 0.3) is 0 Å². The zero-order valence-electron chi connectivity index (χ0n) is 13.0. The van der Waals surface area contributed by atoms with Crippen LogP contribution in [-0.2, 0) is 4.74 Å². The van der Waals surface area contributed by atoms with E-state index < -0.39 is 11.6 Å². The second-order valence-corrected chi connectivity index (χ2v) is 6.19. The topological polar surface area (TPSA) is 94.6 Å². The van der Waals surface area contributed by atoms with Gasteiger partial charge in [-0.25, -0.2) is 9.78 Å². The van der Waals surface area contributed by atoms with E-state index in [1.54, 1.807) is 17.0 Å². The number of hydrogen-bond acceptors (Lipinski definition) is 6. The summed E-state index contributed by atoms with van der Waals surface area (Å²) in [6.07, 6.45) is 0.536. The maximum atomic E-state index is 12.0. The molecule has 1 aliphatic heterocycles. The minimum atomic E-state index is -1.32. The van der Waals surface area contributed by atoms with Gasteiger partial charge in [-0.1, -0.05) is 6.07 Å². The van der Waals surface area contributed by atoms with E-state index in [-0.39, 0.29) is 17.8 Å². The molecule has 1 unspecified atom stereocenters. The molecule has 1 N–H and O–H groups in total. The highest BCUT2D eigenvalue weighted by molar-refractivity contribution is 5.83. The molecule has 1 saturated heterocycles. The normalized spacial score (nSPS) is 17.6. The number of likely N-dealkylation sites (tertiary alicyclic amines) is 1. The van der Waals surface area contributed by atoms with Crippen molar-refractivity contribution in [1.29, 1.82) is 0 Å². The van der Waals surface area contributed by atoms with Gasteiger partial charge >= 0.3 is 6.09 Å². The number of carboxylic acid groups (broad SMARTS) is 1. The van der Waals surface area contributed by atoms with Crippen molar-refractivity contribution in [3.63, 3.8) is 0 Å². The molecule has 0 saturated carbocycles. The van der Waals surface area contributed by atoms with Crippen LogP contribution in [0.2, 0.25) is 0 Å². The third-order valence-corrected chi connectivity index (χ3v) is 3.25. The van der Waals surface area contributed by atoms with Crippen molar-refractivity contribution >= 4 is 17.9 Å². The second kappa shape index (κ2) is 6.21. The number of hydrogen-bond donors (Lipinski definition) is 1. The number of nitrogens with zero attached hydrogens (tertiary/aromatic N) is 2. The molecule has 1 aromatic rings. The van der Waals surface area contributed by atoms with Crippen molar-refractivity contribution in [3.05, 3.63) is 23.9 Å². The Morgan fingerprint density at radius 2 is 2.18 bits per heavy atom. The van der Waals surface area contributed by atoms with Gasteiger partial charge in [-0.15, -0.1) is 0 Å². The summed E-state index contributed by atoms with van der Waals surface area (Å²) < 4.78 is 5.33. The van der Waals surface area contributed by atoms with Gasteiger partial charge in [-0.2, -0.15) is 0 Å². The predicted octanol–water partition coefficient (Wildman–Crippen LogP) is 0.866. The molecule has 2 heterocycles. The van der Waals surface area contributed by atoms with Crippen LogP contribution in [0.4, 0.5) is 10.6 Å². The third kappa shape index (κ3) is 4.09. The highest BCUT2D eigenvalue weighted by Crippen LogP contribution is 2.21. The zero-order chi connectivity index (χ0) is 16.3. The standard InChI is InChI=1S/C15H21N3O4/c1-15(2,3)22-14(21)18-8-7-10(18)9-16-12-6-4-5-11(17-12)13(19)20/h4-6,10H,7-9H2,1-3H3,(H,16,17)(H,19,20)/p-1. The largest absolute Gasteiger partial charge is 0.543 e. The monoisotopic (exact) mass is 306 g/mol. The Morgan fingerprint density at radius 3 is 2.73 bits per heavy atom. The van der Waals surface area contributed by atoms with E-state index >= 15 is 0 Å². The number of rotatable bonds is 4. The molecule has 120 valence electrons. The number of amides is 1. The van der Waals surface area contributed by atoms with Gasteiger partial charge in [-0.05, 0) is 39.3 Å². The summed E-state index contributed by atoms with van der Waals surface area (Å²) in [5, 5.41) is 13.8. The maximum Gasteiger partial charge on any atom is 0.410 e. The fraction of sp³-hybridized carbons (Fsp3) is 0.533. The summed E-state index contributed by atoms with van der Waals surface area (Å²) in [6.45, 7) is 6.63. The SMILES string of the molecule is CC(C)(C)OC(=O)N1CCC1CNc1cccc(C(=O)[O-])n1. The first-order chi connectivity index (χ1) is 10.3. The molecule has 22 heavy (non-hydrogen) atoms. The molecule has 1 aromatic heterocycles. The van der Waals surface area contributed by atoms with Gasteiger partial charge in [0.1, 0.15) is 11.4 Å². The van der Waals surface area contributed by atoms with E-state index in [0.29, 0.717) is 18.9 Å². The number of pyridine rings is 1. The van der Waals surface area contributed by atoms with Gasteiger partial charge in [0.25, 0.3) is 0 Å². The molecule has 7 nitrogen and oxygen atoms in total. The Labute approximate surface area is 129 Å². The number of carbonyl (C=O) groups excluding carboxylic acids is 2. The molecule has 2 rings (SSSR count). The molecule has 1 aliphatic rings. The minimum absolute atomic E-state index is 0.0169. The van der Waals surface area contributed by atoms with E-state index in [9.17, 15) is 14.7 Å². The molecule has 0 spiro atoms. The van der Waals surface area contributed by atoms with Crippen LogP contribution in [0.5, 0.6) is 0 Å². The van der Waals surface area contributed by atoms with Crippen molar-refractivity contribution in [2.45, 2.75) is 38.8 Å². The first-order valence-corrected chi connectivity index (χ1v) is 7.18. The zero-order valence-corrected chi connectivity index (χ0v) is 13.0. The lowest BCUT2D eigenvalue weighted by Gasteiger charge is -2.41. The average Bonchev–Trinajstić information content (AvgIpc) is 2.35. The highest BCUT2D eigenvalue weighted by Gasteiger charge is 2.34. The van der Waals surface area contributed by atoms with E-state index in [4.69, 9.17) is 4.74 Å². The number of ether oxygens (including phenoxy) is 1. The number of aromatic nitrogens is 1. The molecular weight excluding hydrogens is 286 g/mol. The number of carboxylic acids is 1. The van der Waals surface area contributed by atoms with Crippen LogP contribution in [0.15, 0.2) is 18.2 Å². The van der Waals surface area contributed by atoms with Crippen LogP contribution in [0.1, 0.15) is 37.7 Å². The number of aromatic carboxylic acids is 1. The molecule has 0 aliphatic carbocycles. The first kappa shape index (κ1) is 16.1. The Balaban J connectivity index is 1.88. The van der Waals surface area contributed by atoms with Crippen LogP contribution in [0.3, 0.4) is 0 Å². The molecule has 7 heteroatoms. The lowest BCUT2D eigenvalue weighted by molar-refractivity contribution is -0.255. The van der Waals surface area contributed by atoms with E-state index in [1.165, 1.54) is 6.07 Å². The van der Waals surface area contributed by atoms with Crippen LogP contribution in [-0.4, -0.2) is 46.7 Å². The Morgan fingerprint density at radius 1 is 1.45 bits per heavy atom. The van der Waals surface area contributed by atoms with Crippen molar-refractivity contribution in [2.24, 2.45) is 0 Å². The molecule has 1 fully saturated rings. The van der Waals surface area contributed by atoms with Crippen molar-refractivity contribution in [2.75, 3.05) is 18.4 Å². The maximum absolute atomic E-state index is 12.0.